The second-order valence-corrected chi connectivity index (χ2v) is 4.81. The lowest BCUT2D eigenvalue weighted by Gasteiger charge is -2.03. The molecule has 0 amide bonds. The van der Waals surface area contributed by atoms with Crippen molar-refractivity contribution in [3.8, 4) is 0 Å². The molecule has 1 atom stereocenters. The summed E-state index contributed by atoms with van der Waals surface area (Å²) in [6.07, 6.45) is 1.57. The molecule has 2 aromatic rings. The summed E-state index contributed by atoms with van der Waals surface area (Å²) in [7, 11) is 0. The van der Waals surface area contributed by atoms with Crippen LogP contribution in [0.25, 0.3) is 0 Å². The van der Waals surface area contributed by atoms with Gasteiger partial charge in [0, 0.05) is 18.3 Å². The lowest BCUT2D eigenvalue weighted by Crippen LogP contribution is -1.97. The zero-order chi connectivity index (χ0) is 13.1. The summed E-state index contributed by atoms with van der Waals surface area (Å²) in [6.45, 7) is 7.92. The van der Waals surface area contributed by atoms with E-state index in [4.69, 9.17) is 8.94 Å². The van der Waals surface area contributed by atoms with Gasteiger partial charge >= 0.3 is 0 Å². The molecule has 0 aliphatic carbocycles. The summed E-state index contributed by atoms with van der Waals surface area (Å²) in [6, 6.07) is 0. The SMILES string of the molecule is Cc1noc(C(C)CCc2nnc(C(C)C)o2)n1. The molecule has 0 aromatic carbocycles. The van der Waals surface area contributed by atoms with E-state index in [0.29, 0.717) is 23.5 Å². The molecule has 0 bridgehead atoms. The Morgan fingerprint density at radius 2 is 1.89 bits per heavy atom. The second-order valence-electron chi connectivity index (χ2n) is 4.81. The van der Waals surface area contributed by atoms with E-state index in [9.17, 15) is 0 Å². The Morgan fingerprint density at radius 1 is 1.11 bits per heavy atom. The molecular formula is C12H18N4O2. The van der Waals surface area contributed by atoms with Crippen LogP contribution in [0.3, 0.4) is 0 Å². The summed E-state index contributed by atoms with van der Waals surface area (Å²) in [5.74, 6) is 3.14. The molecule has 0 spiro atoms. The number of nitrogens with zero attached hydrogens (tertiary/aromatic N) is 4. The molecule has 0 saturated heterocycles. The van der Waals surface area contributed by atoms with Crippen LogP contribution in [0.2, 0.25) is 0 Å². The average molecular weight is 250 g/mol. The lowest BCUT2D eigenvalue weighted by molar-refractivity contribution is 0.345. The topological polar surface area (TPSA) is 77.8 Å². The Balaban J connectivity index is 1.90. The van der Waals surface area contributed by atoms with Crippen LogP contribution in [0.5, 0.6) is 0 Å². The van der Waals surface area contributed by atoms with E-state index in [1.54, 1.807) is 0 Å². The van der Waals surface area contributed by atoms with Crippen molar-refractivity contribution in [2.45, 2.75) is 52.4 Å². The Labute approximate surface area is 106 Å². The maximum Gasteiger partial charge on any atom is 0.229 e. The zero-order valence-electron chi connectivity index (χ0n) is 11.2. The monoisotopic (exact) mass is 250 g/mol. The van der Waals surface area contributed by atoms with Gasteiger partial charge in [-0.15, -0.1) is 10.2 Å². The summed E-state index contributed by atoms with van der Waals surface area (Å²) < 4.78 is 10.7. The Morgan fingerprint density at radius 3 is 2.44 bits per heavy atom. The zero-order valence-corrected chi connectivity index (χ0v) is 11.2. The molecule has 98 valence electrons. The Bertz CT molecular complexity index is 504. The maximum absolute atomic E-state index is 5.55. The normalized spacial score (nSPS) is 13.2. The van der Waals surface area contributed by atoms with Crippen LogP contribution in [-0.4, -0.2) is 20.3 Å². The van der Waals surface area contributed by atoms with Crippen LogP contribution >= 0.6 is 0 Å². The van der Waals surface area contributed by atoms with E-state index in [1.165, 1.54) is 0 Å². The molecule has 0 N–H and O–H groups in total. The highest BCUT2D eigenvalue weighted by Crippen LogP contribution is 2.20. The van der Waals surface area contributed by atoms with Gasteiger partial charge in [-0.2, -0.15) is 4.98 Å². The van der Waals surface area contributed by atoms with Crippen LogP contribution in [0.4, 0.5) is 0 Å². The van der Waals surface area contributed by atoms with Gasteiger partial charge in [-0.25, -0.2) is 0 Å². The lowest BCUT2D eigenvalue weighted by atomic mass is 10.1. The van der Waals surface area contributed by atoms with Crippen molar-refractivity contribution in [1.82, 2.24) is 20.3 Å². The molecule has 0 aliphatic rings. The summed E-state index contributed by atoms with van der Waals surface area (Å²) in [4.78, 5) is 4.21. The summed E-state index contributed by atoms with van der Waals surface area (Å²) in [5, 5.41) is 11.8. The number of aromatic nitrogens is 4. The number of rotatable bonds is 5. The third-order valence-electron chi connectivity index (χ3n) is 2.73. The first kappa shape index (κ1) is 12.7. The van der Waals surface area contributed by atoms with Gasteiger partial charge in [0.2, 0.25) is 17.7 Å². The molecule has 0 aliphatic heterocycles. The van der Waals surface area contributed by atoms with Crippen LogP contribution in [0.1, 0.15) is 62.5 Å². The molecule has 0 fully saturated rings. The molecule has 6 nitrogen and oxygen atoms in total. The molecule has 2 rings (SSSR count). The molecule has 0 saturated carbocycles. The van der Waals surface area contributed by atoms with Crippen LogP contribution in [-0.2, 0) is 6.42 Å². The predicted molar refractivity (Wildman–Crippen MR) is 64.2 cm³/mol. The van der Waals surface area contributed by atoms with E-state index in [1.807, 2.05) is 27.7 Å². The van der Waals surface area contributed by atoms with E-state index in [2.05, 4.69) is 20.3 Å². The Kier molecular flexibility index (Phi) is 3.74. The minimum Gasteiger partial charge on any atom is -0.425 e. The van der Waals surface area contributed by atoms with Gasteiger partial charge in [-0.1, -0.05) is 25.9 Å². The van der Waals surface area contributed by atoms with Crippen molar-refractivity contribution in [1.29, 1.82) is 0 Å². The van der Waals surface area contributed by atoms with Crippen LogP contribution in [0.15, 0.2) is 8.94 Å². The maximum atomic E-state index is 5.55. The van der Waals surface area contributed by atoms with Gasteiger partial charge in [0.1, 0.15) is 0 Å². The van der Waals surface area contributed by atoms with Gasteiger partial charge in [-0.3, -0.25) is 0 Å². The van der Waals surface area contributed by atoms with Crippen LogP contribution < -0.4 is 0 Å². The fraction of sp³-hybridized carbons (Fsp3) is 0.667. The molecule has 2 heterocycles. The van der Waals surface area contributed by atoms with Gasteiger partial charge in [-0.05, 0) is 13.3 Å². The van der Waals surface area contributed by atoms with Gasteiger partial charge in [0.25, 0.3) is 0 Å². The highest BCUT2D eigenvalue weighted by molar-refractivity contribution is 4.93. The number of aryl methyl sites for hydroxylation is 2. The summed E-state index contributed by atoms with van der Waals surface area (Å²) >= 11 is 0. The highest BCUT2D eigenvalue weighted by Gasteiger charge is 2.15. The van der Waals surface area contributed by atoms with Crippen LogP contribution in [0, 0.1) is 6.92 Å². The fourth-order valence-electron chi connectivity index (χ4n) is 1.58. The van der Waals surface area contributed by atoms with Gasteiger partial charge in [0.05, 0.1) is 0 Å². The predicted octanol–water partition coefficient (Wildman–Crippen LogP) is 2.62. The van der Waals surface area contributed by atoms with E-state index < -0.39 is 0 Å². The minimum absolute atomic E-state index is 0.195. The van der Waals surface area contributed by atoms with E-state index in [-0.39, 0.29) is 11.8 Å². The third-order valence-corrected chi connectivity index (χ3v) is 2.73. The highest BCUT2D eigenvalue weighted by atomic mass is 16.5. The fourth-order valence-corrected chi connectivity index (χ4v) is 1.58. The first-order valence-corrected chi connectivity index (χ1v) is 6.18. The summed E-state index contributed by atoms with van der Waals surface area (Å²) in [5.41, 5.74) is 0. The molecule has 0 radical (unpaired) electrons. The van der Waals surface area contributed by atoms with Crippen molar-refractivity contribution in [3.63, 3.8) is 0 Å². The molecular weight excluding hydrogens is 232 g/mol. The van der Waals surface area contributed by atoms with Gasteiger partial charge in [0.15, 0.2) is 5.82 Å². The second kappa shape index (κ2) is 5.29. The number of hydrogen-bond donors (Lipinski definition) is 0. The first-order valence-electron chi connectivity index (χ1n) is 6.18. The van der Waals surface area contributed by atoms with Crippen molar-refractivity contribution in [2.75, 3.05) is 0 Å². The average Bonchev–Trinajstić information content (AvgIpc) is 2.94. The molecule has 18 heavy (non-hydrogen) atoms. The quantitative estimate of drug-likeness (QED) is 0.811. The molecule has 6 heteroatoms. The van der Waals surface area contributed by atoms with Crippen molar-refractivity contribution in [3.05, 3.63) is 23.5 Å². The third kappa shape index (κ3) is 2.94. The van der Waals surface area contributed by atoms with Crippen molar-refractivity contribution < 1.29 is 8.94 Å². The largest absolute Gasteiger partial charge is 0.425 e. The van der Waals surface area contributed by atoms with Crippen molar-refractivity contribution in [2.24, 2.45) is 0 Å². The van der Waals surface area contributed by atoms with Gasteiger partial charge < -0.3 is 8.94 Å². The van der Waals surface area contributed by atoms with E-state index in [0.717, 1.165) is 12.8 Å². The molecule has 1 unspecified atom stereocenters. The number of hydrogen-bond acceptors (Lipinski definition) is 6. The Hall–Kier alpha value is -1.72. The minimum atomic E-state index is 0.195. The smallest absolute Gasteiger partial charge is 0.229 e. The van der Waals surface area contributed by atoms with Crippen molar-refractivity contribution >= 4 is 0 Å². The first-order chi connectivity index (χ1) is 8.56. The van der Waals surface area contributed by atoms with E-state index >= 15 is 0 Å². The standard InChI is InChI=1S/C12H18N4O2/c1-7(2)11-15-14-10(17-11)6-5-8(3)12-13-9(4)16-18-12/h7-8H,5-6H2,1-4H3. The molecule has 2 aromatic heterocycles.